The molecule has 1 fully saturated rings. The SMILES string of the molecule is CC(NC1CC1)(C(N)=O)c1cccc(C(F)(F)F)c1. The molecule has 104 valence electrons. The lowest BCUT2D eigenvalue weighted by atomic mass is 9.89. The van der Waals surface area contributed by atoms with Crippen molar-refractivity contribution in [2.24, 2.45) is 5.73 Å². The number of nitrogens with two attached hydrogens (primary N) is 1. The van der Waals surface area contributed by atoms with Crippen LogP contribution < -0.4 is 11.1 Å². The van der Waals surface area contributed by atoms with Crippen LogP contribution in [-0.2, 0) is 16.5 Å². The first-order chi connectivity index (χ1) is 8.73. The topological polar surface area (TPSA) is 55.1 Å². The number of halogens is 3. The first kappa shape index (κ1) is 13.9. The number of alkyl halides is 3. The van der Waals surface area contributed by atoms with Crippen LogP contribution in [0.4, 0.5) is 13.2 Å². The van der Waals surface area contributed by atoms with Crippen LogP contribution in [0.15, 0.2) is 24.3 Å². The predicted octanol–water partition coefficient (Wildman–Crippen LogP) is 2.16. The van der Waals surface area contributed by atoms with E-state index >= 15 is 0 Å². The summed E-state index contributed by atoms with van der Waals surface area (Å²) in [5.74, 6) is -0.682. The van der Waals surface area contributed by atoms with Crippen LogP contribution in [-0.4, -0.2) is 11.9 Å². The molecule has 1 saturated carbocycles. The van der Waals surface area contributed by atoms with E-state index in [-0.39, 0.29) is 11.6 Å². The van der Waals surface area contributed by atoms with Crippen molar-refractivity contribution >= 4 is 5.91 Å². The molecule has 0 aromatic heterocycles. The van der Waals surface area contributed by atoms with Gasteiger partial charge in [-0.2, -0.15) is 13.2 Å². The summed E-state index contributed by atoms with van der Waals surface area (Å²) in [5.41, 5.74) is 3.54. The molecule has 1 aromatic carbocycles. The summed E-state index contributed by atoms with van der Waals surface area (Å²) < 4.78 is 38.1. The average molecular weight is 272 g/mol. The van der Waals surface area contributed by atoms with Crippen molar-refractivity contribution in [2.45, 2.75) is 37.5 Å². The number of amides is 1. The van der Waals surface area contributed by atoms with Crippen molar-refractivity contribution in [3.05, 3.63) is 35.4 Å². The Kier molecular flexibility index (Phi) is 3.30. The normalized spacial score (nSPS) is 18.9. The second-order valence-corrected chi connectivity index (χ2v) is 4.99. The molecular formula is C13H15F3N2O. The summed E-state index contributed by atoms with van der Waals surface area (Å²) in [4.78, 5) is 11.6. The molecule has 1 amide bonds. The van der Waals surface area contributed by atoms with Crippen LogP contribution in [0.2, 0.25) is 0 Å². The van der Waals surface area contributed by atoms with E-state index < -0.39 is 23.2 Å². The summed E-state index contributed by atoms with van der Waals surface area (Å²) in [6.45, 7) is 1.52. The summed E-state index contributed by atoms with van der Waals surface area (Å²) >= 11 is 0. The van der Waals surface area contributed by atoms with Crippen LogP contribution in [0, 0.1) is 0 Å². The maximum atomic E-state index is 12.7. The van der Waals surface area contributed by atoms with Crippen LogP contribution >= 0.6 is 0 Å². The van der Waals surface area contributed by atoms with Gasteiger partial charge >= 0.3 is 6.18 Å². The molecule has 0 spiro atoms. The molecule has 0 radical (unpaired) electrons. The Morgan fingerprint density at radius 3 is 2.37 bits per heavy atom. The lowest BCUT2D eigenvalue weighted by Crippen LogP contribution is -2.51. The van der Waals surface area contributed by atoms with Crippen molar-refractivity contribution in [3.8, 4) is 0 Å². The Morgan fingerprint density at radius 1 is 1.32 bits per heavy atom. The quantitative estimate of drug-likeness (QED) is 0.882. The molecule has 3 nitrogen and oxygen atoms in total. The number of hydrogen-bond acceptors (Lipinski definition) is 2. The van der Waals surface area contributed by atoms with Gasteiger partial charge in [-0.1, -0.05) is 12.1 Å². The van der Waals surface area contributed by atoms with Gasteiger partial charge in [-0.05, 0) is 37.5 Å². The fourth-order valence-electron chi connectivity index (χ4n) is 1.94. The fourth-order valence-corrected chi connectivity index (χ4v) is 1.94. The summed E-state index contributed by atoms with van der Waals surface area (Å²) in [5, 5.41) is 3.02. The minimum Gasteiger partial charge on any atom is -0.368 e. The van der Waals surface area contributed by atoms with Gasteiger partial charge in [-0.15, -0.1) is 0 Å². The van der Waals surface area contributed by atoms with Gasteiger partial charge in [0.1, 0.15) is 5.54 Å². The number of primary amides is 1. The molecule has 1 unspecified atom stereocenters. The monoisotopic (exact) mass is 272 g/mol. The van der Waals surface area contributed by atoms with E-state index in [1.807, 2.05) is 0 Å². The third kappa shape index (κ3) is 2.89. The number of benzene rings is 1. The summed E-state index contributed by atoms with van der Waals surface area (Å²) in [7, 11) is 0. The predicted molar refractivity (Wildman–Crippen MR) is 64.1 cm³/mol. The van der Waals surface area contributed by atoms with Crippen LogP contribution in [0.5, 0.6) is 0 Å². The molecule has 6 heteroatoms. The first-order valence-electron chi connectivity index (χ1n) is 5.99. The minimum absolute atomic E-state index is 0.145. The lowest BCUT2D eigenvalue weighted by molar-refractivity contribution is -0.138. The van der Waals surface area contributed by atoms with Crippen molar-refractivity contribution in [1.29, 1.82) is 0 Å². The number of rotatable bonds is 4. The van der Waals surface area contributed by atoms with Crippen LogP contribution in [0.1, 0.15) is 30.9 Å². The molecule has 0 bridgehead atoms. The zero-order valence-electron chi connectivity index (χ0n) is 10.4. The Balaban J connectivity index is 2.39. The molecule has 19 heavy (non-hydrogen) atoms. The van der Waals surface area contributed by atoms with E-state index in [1.165, 1.54) is 19.1 Å². The van der Waals surface area contributed by atoms with Crippen molar-refractivity contribution in [3.63, 3.8) is 0 Å². The minimum atomic E-state index is -4.44. The molecular weight excluding hydrogens is 257 g/mol. The molecule has 1 aliphatic rings. The van der Waals surface area contributed by atoms with Gasteiger partial charge in [-0.3, -0.25) is 10.1 Å². The van der Waals surface area contributed by atoms with Gasteiger partial charge in [0.25, 0.3) is 0 Å². The summed E-state index contributed by atoms with van der Waals surface area (Å²) in [6, 6.07) is 4.86. The largest absolute Gasteiger partial charge is 0.416 e. The number of carbonyl (C=O) groups excluding carboxylic acids is 1. The maximum absolute atomic E-state index is 12.7. The Bertz CT molecular complexity index is 497. The fraction of sp³-hybridized carbons (Fsp3) is 0.462. The number of hydrogen-bond donors (Lipinski definition) is 2. The van der Waals surface area contributed by atoms with E-state index in [0.29, 0.717) is 0 Å². The third-order valence-corrected chi connectivity index (χ3v) is 3.33. The van der Waals surface area contributed by atoms with E-state index in [0.717, 1.165) is 25.0 Å². The highest BCUT2D eigenvalue weighted by Crippen LogP contribution is 2.33. The van der Waals surface area contributed by atoms with Gasteiger partial charge in [0.2, 0.25) is 5.91 Å². The molecule has 2 rings (SSSR count). The second-order valence-electron chi connectivity index (χ2n) is 4.99. The summed E-state index contributed by atoms with van der Waals surface area (Å²) in [6.07, 6.45) is -2.63. The molecule has 0 saturated heterocycles. The van der Waals surface area contributed by atoms with Gasteiger partial charge in [0.05, 0.1) is 5.56 Å². The molecule has 3 N–H and O–H groups in total. The number of carbonyl (C=O) groups is 1. The maximum Gasteiger partial charge on any atom is 0.416 e. The van der Waals surface area contributed by atoms with Crippen LogP contribution in [0.25, 0.3) is 0 Å². The molecule has 1 atom stereocenters. The molecule has 1 aliphatic carbocycles. The van der Waals surface area contributed by atoms with Gasteiger partial charge in [0.15, 0.2) is 0 Å². The molecule has 0 aliphatic heterocycles. The Labute approximate surface area is 109 Å². The van der Waals surface area contributed by atoms with Gasteiger partial charge < -0.3 is 5.73 Å². The third-order valence-electron chi connectivity index (χ3n) is 3.33. The Morgan fingerprint density at radius 2 is 1.89 bits per heavy atom. The highest BCUT2D eigenvalue weighted by Gasteiger charge is 2.40. The molecule has 0 heterocycles. The highest BCUT2D eigenvalue weighted by atomic mass is 19.4. The van der Waals surface area contributed by atoms with Crippen molar-refractivity contribution < 1.29 is 18.0 Å². The first-order valence-corrected chi connectivity index (χ1v) is 5.99. The lowest BCUT2D eigenvalue weighted by Gasteiger charge is -2.28. The van der Waals surface area contributed by atoms with Gasteiger partial charge in [0, 0.05) is 6.04 Å². The zero-order valence-corrected chi connectivity index (χ0v) is 10.4. The zero-order chi connectivity index (χ0) is 14.3. The number of nitrogens with one attached hydrogen (secondary N) is 1. The second kappa shape index (κ2) is 4.52. The van der Waals surface area contributed by atoms with E-state index in [1.54, 1.807) is 0 Å². The standard InChI is InChI=1S/C13H15F3N2O/c1-12(11(17)19,18-10-5-6-10)8-3-2-4-9(7-8)13(14,15)16/h2-4,7,10,18H,5-6H2,1H3,(H2,17,19). The Hall–Kier alpha value is -1.56. The van der Waals surface area contributed by atoms with Crippen LogP contribution in [0.3, 0.4) is 0 Å². The van der Waals surface area contributed by atoms with Crippen molar-refractivity contribution in [2.75, 3.05) is 0 Å². The van der Waals surface area contributed by atoms with Crippen molar-refractivity contribution in [1.82, 2.24) is 5.32 Å². The highest BCUT2D eigenvalue weighted by molar-refractivity contribution is 5.85. The van der Waals surface area contributed by atoms with E-state index in [4.69, 9.17) is 5.73 Å². The van der Waals surface area contributed by atoms with E-state index in [9.17, 15) is 18.0 Å². The van der Waals surface area contributed by atoms with E-state index in [2.05, 4.69) is 5.32 Å². The average Bonchev–Trinajstić information content (AvgIpc) is 3.11. The smallest absolute Gasteiger partial charge is 0.368 e. The molecule has 1 aromatic rings. The van der Waals surface area contributed by atoms with Gasteiger partial charge in [-0.25, -0.2) is 0 Å².